The maximum absolute atomic E-state index is 13.2. The molecule has 2 aliphatic heterocycles. The van der Waals surface area contributed by atoms with Gasteiger partial charge in [-0.15, -0.1) is 0 Å². The number of amides is 1. The zero-order valence-corrected chi connectivity index (χ0v) is 26.0. The van der Waals surface area contributed by atoms with E-state index in [1.165, 1.54) is 6.33 Å². The molecule has 1 aromatic heterocycles. The molecule has 0 unspecified atom stereocenters. The molecule has 2 saturated heterocycles. The van der Waals surface area contributed by atoms with Crippen molar-refractivity contribution >= 4 is 13.7 Å². The van der Waals surface area contributed by atoms with Crippen molar-refractivity contribution in [2.45, 2.75) is 64.3 Å². The first kappa shape index (κ1) is 35.0. The number of rotatable bonds is 6. The molecule has 2 fully saturated rings. The molecule has 15 heteroatoms. The smallest absolute Gasteiger partial charge is 0.383 e. The molecule has 0 spiro atoms. The summed E-state index contributed by atoms with van der Waals surface area (Å²) in [5.74, 6) is -0.000198. The Hall–Kier alpha value is -2.45. The average molecular weight is 632 g/mol. The molecule has 3 heterocycles. The van der Waals surface area contributed by atoms with Gasteiger partial charge in [-0.05, 0) is 58.2 Å². The summed E-state index contributed by atoms with van der Waals surface area (Å²) in [6, 6.07) is 5.52. The SMILES string of the molecule is COC[C@@H](c1ccc(C(F)(F)F)cc1)N1CCN(C2(C)CCN(C(=O)c3c(C)ncnc3C)CC2)C[C@@H]1C.O=P(O)(O)O. The van der Waals surface area contributed by atoms with Crippen LogP contribution in [0.25, 0.3) is 0 Å². The van der Waals surface area contributed by atoms with Crippen LogP contribution in [-0.4, -0.2) is 103 Å². The maximum Gasteiger partial charge on any atom is 0.466 e. The number of methoxy groups -OCH3 is 1. The number of aromatic nitrogens is 2. The number of aryl methyl sites for hydroxylation is 2. The molecule has 240 valence electrons. The maximum atomic E-state index is 13.2. The highest BCUT2D eigenvalue weighted by atomic mass is 31.2. The number of carbonyl (C=O) groups excluding carboxylic acids is 1. The van der Waals surface area contributed by atoms with Gasteiger partial charge >= 0.3 is 14.0 Å². The quantitative estimate of drug-likeness (QED) is 0.406. The summed E-state index contributed by atoms with van der Waals surface area (Å²) in [6.07, 6.45) is -1.12. The van der Waals surface area contributed by atoms with Gasteiger partial charge in [0.25, 0.3) is 5.91 Å². The molecule has 2 atom stereocenters. The van der Waals surface area contributed by atoms with Crippen LogP contribution in [0.15, 0.2) is 30.6 Å². The lowest BCUT2D eigenvalue weighted by atomic mass is 9.86. The number of alkyl halides is 3. The lowest BCUT2D eigenvalue weighted by Gasteiger charge is -2.52. The van der Waals surface area contributed by atoms with Gasteiger partial charge < -0.3 is 24.3 Å². The second-order valence-electron chi connectivity index (χ2n) is 11.3. The molecule has 1 amide bonds. The van der Waals surface area contributed by atoms with Crippen LogP contribution in [0.4, 0.5) is 13.2 Å². The Labute approximate surface area is 249 Å². The van der Waals surface area contributed by atoms with E-state index in [0.29, 0.717) is 36.6 Å². The van der Waals surface area contributed by atoms with Crippen molar-refractivity contribution in [1.29, 1.82) is 0 Å². The third kappa shape index (κ3) is 9.27. The lowest BCUT2D eigenvalue weighted by Crippen LogP contribution is -2.62. The molecule has 0 radical (unpaired) electrons. The molecule has 43 heavy (non-hydrogen) atoms. The highest BCUT2D eigenvalue weighted by Gasteiger charge is 2.41. The summed E-state index contributed by atoms with van der Waals surface area (Å²) in [6.45, 7) is 12.4. The molecule has 3 N–H and O–H groups in total. The number of halogens is 3. The summed E-state index contributed by atoms with van der Waals surface area (Å²) in [7, 11) is -3.02. The molecule has 11 nitrogen and oxygen atoms in total. The minimum absolute atomic E-state index is 0.000198. The number of hydrogen-bond donors (Lipinski definition) is 3. The molecule has 2 aliphatic rings. The number of ether oxygens (including phenoxy) is 1. The predicted octanol–water partition coefficient (Wildman–Crippen LogP) is 3.57. The Bertz CT molecular complexity index is 1260. The van der Waals surface area contributed by atoms with Crippen LogP contribution in [0.2, 0.25) is 0 Å². The normalized spacial score (nSPS) is 20.7. The van der Waals surface area contributed by atoms with E-state index >= 15 is 0 Å². The highest BCUT2D eigenvalue weighted by Crippen LogP contribution is 2.35. The Morgan fingerprint density at radius 3 is 2.07 bits per heavy atom. The summed E-state index contributed by atoms with van der Waals surface area (Å²) >= 11 is 0. The second kappa shape index (κ2) is 14.1. The number of likely N-dealkylation sites (tertiary alicyclic amines) is 1. The van der Waals surface area contributed by atoms with Gasteiger partial charge in [0.2, 0.25) is 0 Å². The van der Waals surface area contributed by atoms with E-state index in [1.807, 2.05) is 18.7 Å². The molecule has 1 aromatic carbocycles. The van der Waals surface area contributed by atoms with Crippen LogP contribution < -0.4 is 0 Å². The number of piperazine rings is 1. The predicted molar refractivity (Wildman–Crippen MR) is 153 cm³/mol. The standard InChI is InChI=1S/C28H38F3N5O2.H3O4P/c1-19-16-35(14-15-36(19)24(17-38-5)22-6-8-23(9-7-22)28(29,30)31)27(4)10-12-34(13-11-27)26(37)25-20(2)32-18-33-21(25)3;1-5(2,3)4/h6-9,18-19,24H,10-17H2,1-5H3;(H3,1,2,3,4)/t19-,24-;/m0./s1. The van der Waals surface area contributed by atoms with Gasteiger partial charge in [0.1, 0.15) is 6.33 Å². The van der Waals surface area contributed by atoms with Crippen molar-refractivity contribution in [3.05, 3.63) is 58.7 Å². The fourth-order valence-corrected chi connectivity index (χ4v) is 5.93. The zero-order chi connectivity index (χ0) is 32.2. The number of benzene rings is 1. The molecule has 2 aromatic rings. The lowest BCUT2D eigenvalue weighted by molar-refractivity contribution is -0.137. The fourth-order valence-electron chi connectivity index (χ4n) is 5.93. The van der Waals surface area contributed by atoms with Crippen molar-refractivity contribution < 1.29 is 41.9 Å². The van der Waals surface area contributed by atoms with Crippen LogP contribution >= 0.6 is 7.82 Å². The molecular formula is C28H41F3N5O6P. The average Bonchev–Trinajstić information content (AvgIpc) is 2.91. The number of phosphoric acid groups is 1. The molecule has 0 bridgehead atoms. The monoisotopic (exact) mass is 631 g/mol. The van der Waals surface area contributed by atoms with Gasteiger partial charge in [-0.1, -0.05) is 12.1 Å². The third-order valence-corrected chi connectivity index (χ3v) is 8.36. The summed E-state index contributed by atoms with van der Waals surface area (Å²) in [5.41, 5.74) is 2.18. The van der Waals surface area contributed by atoms with Crippen LogP contribution in [0.3, 0.4) is 0 Å². The van der Waals surface area contributed by atoms with Gasteiger partial charge in [-0.2, -0.15) is 13.2 Å². The summed E-state index contributed by atoms with van der Waals surface area (Å²) in [4.78, 5) is 50.0. The van der Waals surface area contributed by atoms with E-state index in [-0.39, 0.29) is 23.5 Å². The first-order valence-corrected chi connectivity index (χ1v) is 15.5. The molecular weight excluding hydrogens is 590 g/mol. The zero-order valence-electron chi connectivity index (χ0n) is 25.1. The van der Waals surface area contributed by atoms with Crippen LogP contribution in [0, 0.1) is 13.8 Å². The Morgan fingerprint density at radius 2 is 1.60 bits per heavy atom. The van der Waals surface area contributed by atoms with Crippen molar-refractivity contribution in [2.75, 3.05) is 46.4 Å². The molecule has 0 aliphatic carbocycles. The first-order valence-electron chi connectivity index (χ1n) is 14.0. The van der Waals surface area contributed by atoms with Gasteiger partial charge in [-0.25, -0.2) is 14.5 Å². The Kier molecular flexibility index (Phi) is 11.5. The van der Waals surface area contributed by atoms with Gasteiger partial charge in [0.05, 0.1) is 35.2 Å². The molecule has 0 saturated carbocycles. The van der Waals surface area contributed by atoms with Crippen LogP contribution in [0.1, 0.15) is 65.6 Å². The van der Waals surface area contributed by atoms with E-state index in [4.69, 9.17) is 24.0 Å². The van der Waals surface area contributed by atoms with E-state index in [9.17, 15) is 18.0 Å². The number of hydrogen-bond acceptors (Lipinski definition) is 7. The number of carbonyl (C=O) groups is 1. The minimum atomic E-state index is -4.64. The van der Waals surface area contributed by atoms with Crippen LogP contribution in [-0.2, 0) is 15.5 Å². The Balaban J connectivity index is 0.000000934. The van der Waals surface area contributed by atoms with Gasteiger partial charge in [-0.3, -0.25) is 14.6 Å². The van der Waals surface area contributed by atoms with Gasteiger partial charge in [0.15, 0.2) is 0 Å². The van der Waals surface area contributed by atoms with Crippen molar-refractivity contribution in [3.8, 4) is 0 Å². The number of piperidine rings is 1. The first-order chi connectivity index (χ1) is 19.9. The number of nitrogens with zero attached hydrogens (tertiary/aromatic N) is 5. The van der Waals surface area contributed by atoms with Crippen LogP contribution in [0.5, 0.6) is 0 Å². The molecule has 4 rings (SSSR count). The summed E-state index contributed by atoms with van der Waals surface area (Å²) in [5, 5.41) is 0. The Morgan fingerprint density at radius 1 is 1.07 bits per heavy atom. The van der Waals surface area contributed by atoms with E-state index in [1.54, 1.807) is 19.2 Å². The second-order valence-corrected chi connectivity index (χ2v) is 12.4. The van der Waals surface area contributed by atoms with Crippen molar-refractivity contribution in [2.24, 2.45) is 0 Å². The van der Waals surface area contributed by atoms with Crippen molar-refractivity contribution in [1.82, 2.24) is 24.7 Å². The third-order valence-electron chi connectivity index (χ3n) is 8.36. The van der Waals surface area contributed by atoms with E-state index in [0.717, 1.165) is 50.2 Å². The highest BCUT2D eigenvalue weighted by molar-refractivity contribution is 7.45. The van der Waals surface area contributed by atoms with E-state index in [2.05, 4.69) is 33.6 Å². The topological polar surface area (TPSA) is 140 Å². The largest absolute Gasteiger partial charge is 0.466 e. The summed E-state index contributed by atoms with van der Waals surface area (Å²) < 4.78 is 53.6. The minimum Gasteiger partial charge on any atom is -0.383 e. The fraction of sp³-hybridized carbons (Fsp3) is 0.607. The van der Waals surface area contributed by atoms with Crippen molar-refractivity contribution in [3.63, 3.8) is 0 Å². The van der Waals surface area contributed by atoms with Gasteiger partial charge in [0, 0.05) is 51.4 Å². The van der Waals surface area contributed by atoms with E-state index < -0.39 is 19.6 Å².